The van der Waals surface area contributed by atoms with Crippen molar-refractivity contribution in [3.8, 4) is 17.1 Å². The number of H-pyrrole nitrogens is 1. The van der Waals surface area contributed by atoms with E-state index in [0.717, 1.165) is 0 Å². The Kier molecular flexibility index (Phi) is 4.55. The highest BCUT2D eigenvalue weighted by molar-refractivity contribution is 9.10. The lowest BCUT2D eigenvalue weighted by molar-refractivity contribution is -0.274. The van der Waals surface area contributed by atoms with E-state index < -0.39 is 50.8 Å². The molecule has 0 aliphatic rings. The molecule has 3 nitrogen and oxygen atoms in total. The Hall–Kier alpha value is -1.49. The summed E-state index contributed by atoms with van der Waals surface area (Å²) in [6.07, 6.45) is -9.87. The van der Waals surface area contributed by atoms with Gasteiger partial charge in [-0.05, 0) is 15.9 Å². The van der Waals surface area contributed by atoms with Crippen LogP contribution in [0.4, 0.5) is 30.7 Å². The fourth-order valence-corrected chi connectivity index (χ4v) is 2.42. The molecule has 0 unspecified atom stereocenters. The molecule has 1 N–H and O–H groups in total. The summed E-state index contributed by atoms with van der Waals surface area (Å²) < 4.78 is 91.0. The Bertz CT molecular complexity index is 718. The number of aromatic amines is 1. The highest BCUT2D eigenvalue weighted by atomic mass is 79.9. The second-order valence-electron chi connectivity index (χ2n) is 4.06. The van der Waals surface area contributed by atoms with E-state index in [0.29, 0.717) is 12.1 Å². The fourth-order valence-electron chi connectivity index (χ4n) is 1.63. The first-order valence-electron chi connectivity index (χ1n) is 5.46. The average Bonchev–Trinajstić information content (AvgIpc) is 2.67. The molecule has 0 bridgehead atoms. The van der Waals surface area contributed by atoms with Gasteiger partial charge in [-0.25, -0.2) is 9.37 Å². The number of alkyl halides is 6. The SMILES string of the molecule is Fc1cc(OC(F)(F)F)cc(Cl)c1-c1nc(Br)c(C(F)(F)F)[nH]1. The molecule has 2 aromatic rings. The van der Waals surface area contributed by atoms with Crippen molar-refractivity contribution in [1.29, 1.82) is 0 Å². The normalized spacial score (nSPS) is 12.6. The molecular weight excluding hydrogens is 424 g/mol. The lowest BCUT2D eigenvalue weighted by Crippen LogP contribution is -2.17. The zero-order valence-electron chi connectivity index (χ0n) is 10.4. The summed E-state index contributed by atoms with van der Waals surface area (Å²) in [6.45, 7) is 0. The summed E-state index contributed by atoms with van der Waals surface area (Å²) in [5.41, 5.74) is -1.92. The molecule has 2 rings (SSSR count). The van der Waals surface area contributed by atoms with Gasteiger partial charge in [0.2, 0.25) is 0 Å². The van der Waals surface area contributed by atoms with E-state index in [2.05, 4.69) is 25.7 Å². The van der Waals surface area contributed by atoms with E-state index in [1.54, 1.807) is 0 Å². The summed E-state index contributed by atoms with van der Waals surface area (Å²) in [6, 6.07) is 0.940. The van der Waals surface area contributed by atoms with E-state index in [1.807, 2.05) is 4.98 Å². The van der Waals surface area contributed by atoms with Crippen LogP contribution in [-0.4, -0.2) is 16.3 Å². The molecule has 23 heavy (non-hydrogen) atoms. The van der Waals surface area contributed by atoms with Crippen molar-refractivity contribution in [3.05, 3.63) is 33.3 Å². The molecule has 0 atom stereocenters. The molecule has 0 radical (unpaired) electrons. The van der Waals surface area contributed by atoms with Crippen LogP contribution in [0.5, 0.6) is 5.75 Å². The van der Waals surface area contributed by atoms with Crippen LogP contribution < -0.4 is 4.74 Å². The minimum Gasteiger partial charge on any atom is -0.406 e. The predicted octanol–water partition coefficient (Wildman–Crippen LogP) is 5.55. The third kappa shape index (κ3) is 4.08. The van der Waals surface area contributed by atoms with Gasteiger partial charge in [-0.3, -0.25) is 0 Å². The third-order valence-corrected chi connectivity index (χ3v) is 3.30. The number of nitrogens with one attached hydrogen (secondary N) is 1. The van der Waals surface area contributed by atoms with Crippen molar-refractivity contribution in [2.75, 3.05) is 0 Å². The molecular formula is C11H3BrClF7N2O. The topological polar surface area (TPSA) is 37.9 Å². The predicted molar refractivity (Wildman–Crippen MR) is 68.4 cm³/mol. The van der Waals surface area contributed by atoms with E-state index in [9.17, 15) is 30.7 Å². The van der Waals surface area contributed by atoms with Crippen molar-refractivity contribution in [1.82, 2.24) is 9.97 Å². The lowest BCUT2D eigenvalue weighted by Gasteiger charge is -2.11. The monoisotopic (exact) mass is 426 g/mol. The number of hydrogen-bond acceptors (Lipinski definition) is 2. The molecule has 0 aliphatic heterocycles. The number of halogens is 9. The van der Waals surface area contributed by atoms with E-state index >= 15 is 0 Å². The van der Waals surface area contributed by atoms with Crippen LogP contribution in [-0.2, 0) is 6.18 Å². The molecule has 0 aliphatic carbocycles. The molecule has 0 fully saturated rings. The van der Waals surface area contributed by atoms with Crippen LogP contribution in [0.25, 0.3) is 11.4 Å². The summed E-state index contributed by atoms with van der Waals surface area (Å²) in [4.78, 5) is 5.24. The van der Waals surface area contributed by atoms with E-state index in [1.165, 1.54) is 0 Å². The second-order valence-corrected chi connectivity index (χ2v) is 5.22. The Morgan fingerprint density at radius 3 is 2.17 bits per heavy atom. The molecule has 0 amide bonds. The highest BCUT2D eigenvalue weighted by Gasteiger charge is 2.37. The van der Waals surface area contributed by atoms with Gasteiger partial charge in [-0.15, -0.1) is 13.2 Å². The van der Waals surface area contributed by atoms with Crippen molar-refractivity contribution < 1.29 is 35.5 Å². The third-order valence-electron chi connectivity index (χ3n) is 2.43. The van der Waals surface area contributed by atoms with E-state index in [-0.39, 0.29) is 0 Å². The van der Waals surface area contributed by atoms with Crippen molar-refractivity contribution in [2.24, 2.45) is 0 Å². The number of benzene rings is 1. The van der Waals surface area contributed by atoms with Gasteiger partial charge in [0, 0.05) is 12.1 Å². The first kappa shape index (κ1) is 17.9. The van der Waals surface area contributed by atoms with Crippen LogP contribution >= 0.6 is 27.5 Å². The maximum Gasteiger partial charge on any atom is 0.573 e. The van der Waals surface area contributed by atoms with E-state index in [4.69, 9.17) is 11.6 Å². The van der Waals surface area contributed by atoms with Crippen LogP contribution in [0.3, 0.4) is 0 Å². The lowest BCUT2D eigenvalue weighted by atomic mass is 10.2. The van der Waals surface area contributed by atoms with Gasteiger partial charge in [0.1, 0.15) is 22.0 Å². The first-order valence-corrected chi connectivity index (χ1v) is 6.63. The number of ether oxygens (including phenoxy) is 1. The maximum atomic E-state index is 13.9. The number of nitrogens with zero attached hydrogens (tertiary/aromatic N) is 1. The minimum absolute atomic E-state index is 0.332. The zero-order valence-corrected chi connectivity index (χ0v) is 12.8. The molecule has 1 aromatic heterocycles. The number of hydrogen-bond donors (Lipinski definition) is 1. The molecule has 12 heteroatoms. The van der Waals surface area contributed by atoms with Crippen LogP contribution in [0.2, 0.25) is 5.02 Å². The number of imidazole rings is 1. The van der Waals surface area contributed by atoms with Crippen molar-refractivity contribution >= 4 is 27.5 Å². The quantitative estimate of drug-likeness (QED) is 0.638. The number of aromatic nitrogens is 2. The van der Waals surface area contributed by atoms with Gasteiger partial charge in [0.25, 0.3) is 0 Å². The van der Waals surface area contributed by atoms with Crippen LogP contribution in [0.15, 0.2) is 16.7 Å². The van der Waals surface area contributed by atoms with Crippen LogP contribution in [0, 0.1) is 5.82 Å². The summed E-state index contributed by atoms with van der Waals surface area (Å²) >= 11 is 8.18. The average molecular weight is 428 g/mol. The zero-order chi connectivity index (χ0) is 17.6. The van der Waals surface area contributed by atoms with Gasteiger partial charge < -0.3 is 9.72 Å². The Morgan fingerprint density at radius 1 is 1.13 bits per heavy atom. The summed E-state index contributed by atoms with van der Waals surface area (Å²) in [7, 11) is 0. The number of rotatable bonds is 2. The van der Waals surface area contributed by atoms with Gasteiger partial charge >= 0.3 is 12.5 Å². The summed E-state index contributed by atoms with van der Waals surface area (Å²) in [5, 5.41) is -0.612. The summed E-state index contributed by atoms with van der Waals surface area (Å²) in [5.74, 6) is -2.90. The molecule has 1 heterocycles. The smallest absolute Gasteiger partial charge is 0.406 e. The largest absolute Gasteiger partial charge is 0.573 e. The molecule has 0 saturated carbocycles. The van der Waals surface area contributed by atoms with Gasteiger partial charge in [-0.2, -0.15) is 13.2 Å². The Labute approximate surface area is 136 Å². The Morgan fingerprint density at radius 2 is 1.74 bits per heavy atom. The maximum absolute atomic E-state index is 13.9. The first-order chi connectivity index (χ1) is 10.4. The van der Waals surface area contributed by atoms with Crippen LogP contribution in [0.1, 0.15) is 5.69 Å². The fraction of sp³-hybridized carbons (Fsp3) is 0.182. The second kappa shape index (κ2) is 5.86. The standard InChI is InChI=1S/C11H3BrClF7N2O/c12-8-7(10(15,16)17)21-9(22-8)6-4(13)1-3(2-5(6)14)23-11(18,19)20/h1-2H,(H,21,22). The van der Waals surface area contributed by atoms with Gasteiger partial charge in [-0.1, -0.05) is 11.6 Å². The molecule has 126 valence electrons. The minimum atomic E-state index is -5.07. The Balaban J connectivity index is 2.49. The highest BCUT2D eigenvalue weighted by Crippen LogP contribution is 2.39. The molecule has 1 aromatic carbocycles. The van der Waals surface area contributed by atoms with Gasteiger partial charge in [0.15, 0.2) is 5.69 Å². The molecule has 0 saturated heterocycles. The van der Waals surface area contributed by atoms with Gasteiger partial charge in [0.05, 0.1) is 10.6 Å². The van der Waals surface area contributed by atoms with Crippen molar-refractivity contribution in [2.45, 2.75) is 12.5 Å². The van der Waals surface area contributed by atoms with Crippen molar-refractivity contribution in [3.63, 3.8) is 0 Å². The molecule has 0 spiro atoms.